The molecule has 1 aromatic carbocycles. The first-order valence-electron chi connectivity index (χ1n) is 8.65. The van der Waals surface area contributed by atoms with Gasteiger partial charge in [-0.1, -0.05) is 41.9 Å². The number of nitrogens with zero attached hydrogens (tertiary/aromatic N) is 1. The Morgan fingerprint density at radius 3 is 2.71 bits per heavy atom. The van der Waals surface area contributed by atoms with Gasteiger partial charge in [-0.15, -0.1) is 11.3 Å². The normalized spacial score (nSPS) is 15.3. The van der Waals surface area contributed by atoms with Crippen LogP contribution >= 0.6 is 22.9 Å². The van der Waals surface area contributed by atoms with Crippen LogP contribution in [0.25, 0.3) is 6.08 Å². The second-order valence-corrected chi connectivity index (χ2v) is 10.0. The van der Waals surface area contributed by atoms with E-state index in [9.17, 15) is 13.2 Å². The number of esters is 1. The lowest BCUT2D eigenvalue weighted by Crippen LogP contribution is -2.31. The van der Waals surface area contributed by atoms with Crippen LogP contribution in [-0.4, -0.2) is 46.5 Å². The number of carbonyl (C=O) groups excluding carboxylic acids is 1. The minimum absolute atomic E-state index is 0.0135. The fourth-order valence-electron chi connectivity index (χ4n) is 3.15. The van der Waals surface area contributed by atoms with E-state index in [-0.39, 0.29) is 9.77 Å². The molecule has 0 saturated heterocycles. The number of halogens is 1. The molecule has 0 aliphatic carbocycles. The Labute approximate surface area is 173 Å². The van der Waals surface area contributed by atoms with Gasteiger partial charge < -0.3 is 4.74 Å². The second kappa shape index (κ2) is 8.75. The van der Waals surface area contributed by atoms with Gasteiger partial charge in [-0.3, -0.25) is 4.90 Å². The molecule has 9 heteroatoms. The monoisotopic (exact) mass is 440 g/mol. The fourth-order valence-corrected chi connectivity index (χ4v) is 6.20. The minimum Gasteiger partial charge on any atom is -0.465 e. The second-order valence-electron chi connectivity index (χ2n) is 6.33. The molecule has 2 heterocycles. The van der Waals surface area contributed by atoms with Gasteiger partial charge in [-0.2, -0.15) is 0 Å². The molecule has 0 saturated carbocycles. The van der Waals surface area contributed by atoms with Crippen LogP contribution in [0.1, 0.15) is 26.4 Å². The van der Waals surface area contributed by atoms with Crippen LogP contribution in [0, 0.1) is 0 Å². The Hall–Kier alpha value is -1.71. The molecular weight excluding hydrogens is 420 g/mol. The average molecular weight is 441 g/mol. The predicted molar refractivity (Wildman–Crippen MR) is 111 cm³/mol. The van der Waals surface area contributed by atoms with Gasteiger partial charge in [-0.05, 0) is 30.7 Å². The summed E-state index contributed by atoms with van der Waals surface area (Å²) in [7, 11) is -1.16. The molecule has 0 unspecified atom stereocenters. The van der Waals surface area contributed by atoms with Crippen molar-refractivity contribution in [3.05, 3.63) is 56.9 Å². The van der Waals surface area contributed by atoms with Gasteiger partial charge >= 0.3 is 5.97 Å². The lowest BCUT2D eigenvalue weighted by molar-refractivity contribution is 0.0595. The summed E-state index contributed by atoms with van der Waals surface area (Å²) in [4.78, 5) is 15.2. The molecule has 3 rings (SSSR count). The van der Waals surface area contributed by atoms with Gasteiger partial charge in [0.15, 0.2) is 0 Å². The van der Waals surface area contributed by atoms with Crippen LogP contribution in [0.15, 0.2) is 39.6 Å². The van der Waals surface area contributed by atoms with Crippen LogP contribution in [0.2, 0.25) is 0 Å². The van der Waals surface area contributed by atoms with E-state index >= 15 is 0 Å². The Morgan fingerprint density at radius 1 is 1.36 bits per heavy atom. The SMILES string of the molecule is CNS(=O)(=O)c1sc2c(c1C(=O)OC)CCN(C/C(Cl)=C/c1ccccc1)C2. The number of hydrogen-bond donors (Lipinski definition) is 1. The molecule has 0 bridgehead atoms. The molecule has 150 valence electrons. The van der Waals surface area contributed by atoms with Crippen LogP contribution in [0.4, 0.5) is 0 Å². The summed E-state index contributed by atoms with van der Waals surface area (Å²) in [6.45, 7) is 1.75. The molecular formula is C19H21ClN2O4S2. The third-order valence-corrected chi connectivity index (χ3v) is 7.88. The highest BCUT2D eigenvalue weighted by molar-refractivity contribution is 7.91. The molecule has 1 N–H and O–H groups in total. The number of methoxy groups -OCH3 is 1. The number of fused-ring (bicyclic) bond motifs is 1. The number of thiophene rings is 1. The Kier molecular flexibility index (Phi) is 6.57. The van der Waals surface area contributed by atoms with E-state index in [1.165, 1.54) is 14.2 Å². The number of carbonyl (C=O) groups is 1. The molecule has 0 amide bonds. The number of sulfonamides is 1. The number of nitrogens with one attached hydrogen (secondary N) is 1. The zero-order chi connectivity index (χ0) is 20.3. The molecule has 0 fully saturated rings. The summed E-state index contributed by atoms with van der Waals surface area (Å²) >= 11 is 7.54. The summed E-state index contributed by atoms with van der Waals surface area (Å²) < 4.78 is 31.9. The lowest BCUT2D eigenvalue weighted by atomic mass is 10.0. The van der Waals surface area contributed by atoms with E-state index in [4.69, 9.17) is 16.3 Å². The summed E-state index contributed by atoms with van der Waals surface area (Å²) in [6, 6.07) is 9.81. The first kappa shape index (κ1) is 21.0. The maximum absolute atomic E-state index is 12.4. The standard InChI is InChI=1S/C19H21ClN2O4S2/c1-21-28(24,25)19-17(18(23)26-2)15-8-9-22(12-16(15)27-19)11-14(20)10-13-6-4-3-5-7-13/h3-7,10,21H,8-9,11-12H2,1-2H3/b14-10-. The van der Waals surface area contributed by atoms with Crippen molar-refractivity contribution in [2.45, 2.75) is 17.2 Å². The van der Waals surface area contributed by atoms with Crippen LogP contribution < -0.4 is 4.72 Å². The third-order valence-electron chi connectivity index (χ3n) is 4.50. The maximum atomic E-state index is 12.4. The van der Waals surface area contributed by atoms with Crippen molar-refractivity contribution in [3.8, 4) is 0 Å². The zero-order valence-corrected chi connectivity index (χ0v) is 18.0. The third kappa shape index (κ3) is 4.47. The molecule has 28 heavy (non-hydrogen) atoms. The summed E-state index contributed by atoms with van der Waals surface area (Å²) in [5.41, 5.74) is 1.93. The first-order chi connectivity index (χ1) is 13.4. The number of rotatable bonds is 6. The van der Waals surface area contributed by atoms with Crippen LogP contribution in [0.3, 0.4) is 0 Å². The summed E-state index contributed by atoms with van der Waals surface area (Å²) in [6.07, 6.45) is 2.48. The van der Waals surface area contributed by atoms with Gasteiger partial charge in [0, 0.05) is 29.5 Å². The van der Waals surface area contributed by atoms with Gasteiger partial charge in [0.25, 0.3) is 10.0 Å². The molecule has 2 aromatic rings. The number of ether oxygens (including phenoxy) is 1. The highest BCUT2D eigenvalue weighted by Gasteiger charge is 2.33. The van der Waals surface area contributed by atoms with Crippen molar-refractivity contribution in [3.63, 3.8) is 0 Å². The van der Waals surface area contributed by atoms with E-state index in [1.54, 1.807) is 0 Å². The highest BCUT2D eigenvalue weighted by Crippen LogP contribution is 2.36. The molecule has 1 aliphatic heterocycles. The van der Waals surface area contributed by atoms with E-state index in [0.717, 1.165) is 27.3 Å². The Balaban J connectivity index is 1.85. The topological polar surface area (TPSA) is 75.7 Å². The minimum atomic E-state index is -3.75. The predicted octanol–water partition coefficient (Wildman–Crippen LogP) is 3.08. The largest absolute Gasteiger partial charge is 0.465 e. The molecule has 1 aliphatic rings. The van der Waals surface area contributed by atoms with E-state index in [2.05, 4.69) is 9.62 Å². The van der Waals surface area contributed by atoms with Gasteiger partial charge in [0.1, 0.15) is 4.21 Å². The highest BCUT2D eigenvalue weighted by atomic mass is 35.5. The van der Waals surface area contributed by atoms with Gasteiger partial charge in [-0.25, -0.2) is 17.9 Å². The zero-order valence-electron chi connectivity index (χ0n) is 15.6. The molecule has 0 spiro atoms. The van der Waals surface area contributed by atoms with E-state index in [0.29, 0.717) is 31.1 Å². The Bertz CT molecular complexity index is 1000. The lowest BCUT2D eigenvalue weighted by Gasteiger charge is -2.26. The number of hydrogen-bond acceptors (Lipinski definition) is 6. The maximum Gasteiger partial charge on any atom is 0.340 e. The van der Waals surface area contributed by atoms with Gasteiger partial charge in [0.2, 0.25) is 0 Å². The van der Waals surface area contributed by atoms with E-state index < -0.39 is 16.0 Å². The molecule has 1 aromatic heterocycles. The molecule has 0 atom stereocenters. The average Bonchev–Trinajstić information content (AvgIpc) is 3.07. The summed E-state index contributed by atoms with van der Waals surface area (Å²) in [5.74, 6) is -0.623. The molecule has 0 radical (unpaired) electrons. The molecule has 6 nitrogen and oxygen atoms in total. The van der Waals surface area contributed by atoms with Gasteiger partial charge in [0.05, 0.1) is 12.7 Å². The van der Waals surface area contributed by atoms with Crippen molar-refractivity contribution in [1.29, 1.82) is 0 Å². The fraction of sp³-hybridized carbons (Fsp3) is 0.316. The quantitative estimate of drug-likeness (QED) is 0.698. The summed E-state index contributed by atoms with van der Waals surface area (Å²) in [5, 5.41) is 0.697. The van der Waals surface area contributed by atoms with Crippen molar-refractivity contribution >= 4 is 45.0 Å². The first-order valence-corrected chi connectivity index (χ1v) is 11.3. The van der Waals surface area contributed by atoms with Crippen molar-refractivity contribution < 1.29 is 17.9 Å². The van der Waals surface area contributed by atoms with Crippen molar-refractivity contribution in [2.75, 3.05) is 27.2 Å². The number of benzene rings is 1. The van der Waals surface area contributed by atoms with Crippen molar-refractivity contribution in [2.24, 2.45) is 0 Å². The van der Waals surface area contributed by atoms with Crippen molar-refractivity contribution in [1.82, 2.24) is 9.62 Å². The van der Waals surface area contributed by atoms with Crippen LogP contribution in [-0.2, 0) is 27.7 Å². The van der Waals surface area contributed by atoms with Crippen LogP contribution in [0.5, 0.6) is 0 Å². The van der Waals surface area contributed by atoms with E-state index in [1.807, 2.05) is 36.4 Å². The smallest absolute Gasteiger partial charge is 0.340 e. The Morgan fingerprint density at radius 2 is 2.07 bits per heavy atom.